The SMILES string of the molecule is Fc1cc(CC2=NCCN2)cc(F)c1Oc1ccnc2[nH]cc(Cl)c12. The van der Waals surface area contributed by atoms with E-state index in [1.165, 1.54) is 30.6 Å². The van der Waals surface area contributed by atoms with Crippen molar-refractivity contribution in [2.24, 2.45) is 4.99 Å². The summed E-state index contributed by atoms with van der Waals surface area (Å²) in [6.45, 7) is 1.42. The van der Waals surface area contributed by atoms with E-state index in [-0.39, 0.29) is 5.75 Å². The lowest BCUT2D eigenvalue weighted by atomic mass is 10.1. The predicted octanol–water partition coefficient (Wildman–Crippen LogP) is 3.83. The van der Waals surface area contributed by atoms with Gasteiger partial charge in [0.2, 0.25) is 0 Å². The Bertz CT molecular complexity index is 963. The third-order valence-electron chi connectivity index (χ3n) is 3.87. The van der Waals surface area contributed by atoms with Crippen molar-refractivity contribution in [3.8, 4) is 11.5 Å². The Kier molecular flexibility index (Phi) is 4.01. The summed E-state index contributed by atoms with van der Waals surface area (Å²) in [6, 6.07) is 4.00. The summed E-state index contributed by atoms with van der Waals surface area (Å²) < 4.78 is 34.3. The largest absolute Gasteiger partial charge is 0.450 e. The summed E-state index contributed by atoms with van der Waals surface area (Å²) in [5.74, 6) is -1.10. The van der Waals surface area contributed by atoms with Crippen LogP contribution in [0.1, 0.15) is 5.56 Å². The van der Waals surface area contributed by atoms with Crippen molar-refractivity contribution in [2.75, 3.05) is 13.1 Å². The molecule has 0 atom stereocenters. The number of aliphatic imine (C=N–C) groups is 1. The summed E-state index contributed by atoms with van der Waals surface area (Å²) in [4.78, 5) is 11.2. The van der Waals surface area contributed by atoms with Crippen molar-refractivity contribution in [3.05, 3.63) is 52.8 Å². The van der Waals surface area contributed by atoms with Crippen molar-refractivity contribution in [1.29, 1.82) is 0 Å². The first-order chi connectivity index (χ1) is 12.1. The zero-order valence-corrected chi connectivity index (χ0v) is 13.7. The molecular formula is C17H13ClF2N4O. The van der Waals surface area contributed by atoms with E-state index in [1.54, 1.807) is 0 Å². The molecule has 0 radical (unpaired) electrons. The Labute approximate surface area is 146 Å². The highest BCUT2D eigenvalue weighted by molar-refractivity contribution is 6.36. The van der Waals surface area contributed by atoms with Gasteiger partial charge >= 0.3 is 0 Å². The number of amidine groups is 1. The number of rotatable bonds is 4. The smallest absolute Gasteiger partial charge is 0.198 e. The number of hydrogen-bond donors (Lipinski definition) is 2. The topological polar surface area (TPSA) is 62.3 Å². The van der Waals surface area contributed by atoms with Crippen molar-refractivity contribution in [2.45, 2.75) is 6.42 Å². The van der Waals surface area contributed by atoms with Crippen LogP contribution in [0.4, 0.5) is 8.78 Å². The lowest BCUT2D eigenvalue weighted by Crippen LogP contribution is -2.20. The van der Waals surface area contributed by atoms with E-state index in [0.717, 1.165) is 12.4 Å². The molecule has 2 aromatic heterocycles. The average Bonchev–Trinajstić information content (AvgIpc) is 3.22. The fourth-order valence-corrected chi connectivity index (χ4v) is 2.99. The summed E-state index contributed by atoms with van der Waals surface area (Å²) in [6.07, 6.45) is 3.35. The summed E-state index contributed by atoms with van der Waals surface area (Å²) in [5.41, 5.74) is 0.959. The fourth-order valence-electron chi connectivity index (χ4n) is 2.75. The molecule has 2 N–H and O–H groups in total. The molecule has 0 amide bonds. The van der Waals surface area contributed by atoms with Gasteiger partial charge < -0.3 is 15.0 Å². The molecule has 25 heavy (non-hydrogen) atoms. The van der Waals surface area contributed by atoms with Crippen molar-refractivity contribution < 1.29 is 13.5 Å². The Morgan fingerprint density at radius 2 is 2.04 bits per heavy atom. The third kappa shape index (κ3) is 3.02. The second-order valence-corrected chi connectivity index (χ2v) is 6.00. The summed E-state index contributed by atoms with van der Waals surface area (Å²) >= 11 is 6.09. The minimum atomic E-state index is -0.787. The van der Waals surface area contributed by atoms with Crippen molar-refractivity contribution in [3.63, 3.8) is 0 Å². The maximum Gasteiger partial charge on any atom is 0.198 e. The third-order valence-corrected chi connectivity index (χ3v) is 4.17. The molecule has 1 aliphatic rings. The van der Waals surface area contributed by atoms with Crippen LogP contribution in [0.5, 0.6) is 11.5 Å². The number of nitrogens with one attached hydrogen (secondary N) is 2. The maximum absolute atomic E-state index is 14.4. The second-order valence-electron chi connectivity index (χ2n) is 5.59. The number of ether oxygens (including phenoxy) is 1. The number of halogens is 3. The van der Waals surface area contributed by atoms with Crippen LogP contribution in [0.25, 0.3) is 11.0 Å². The first-order valence-electron chi connectivity index (χ1n) is 7.66. The number of aromatic amines is 1. The molecule has 4 rings (SSSR count). The highest BCUT2D eigenvalue weighted by Crippen LogP contribution is 2.36. The number of fused-ring (bicyclic) bond motifs is 1. The lowest BCUT2D eigenvalue weighted by Gasteiger charge is -2.11. The van der Waals surface area contributed by atoms with Crippen LogP contribution in [0.15, 0.2) is 35.6 Å². The molecule has 3 heterocycles. The zero-order chi connectivity index (χ0) is 17.4. The number of aromatic nitrogens is 2. The van der Waals surface area contributed by atoms with Gasteiger partial charge in [-0.05, 0) is 23.8 Å². The van der Waals surface area contributed by atoms with Crippen molar-refractivity contribution >= 4 is 28.5 Å². The first kappa shape index (κ1) is 15.8. The van der Waals surface area contributed by atoms with Gasteiger partial charge in [-0.2, -0.15) is 0 Å². The number of pyridine rings is 1. The molecule has 0 saturated carbocycles. The van der Waals surface area contributed by atoms with E-state index in [4.69, 9.17) is 16.3 Å². The standard InChI is InChI=1S/C17H13ClF2N4O/c18-10-8-24-17-15(10)13(1-2-23-17)25-16-11(19)5-9(6-12(16)20)7-14-21-3-4-22-14/h1-2,5-6,8H,3-4,7H2,(H,21,22)(H,23,24). The Balaban J connectivity index is 1.67. The molecule has 0 bridgehead atoms. The highest BCUT2D eigenvalue weighted by atomic mass is 35.5. The maximum atomic E-state index is 14.4. The van der Waals surface area contributed by atoms with Crippen LogP contribution in [0.3, 0.4) is 0 Å². The Morgan fingerprint density at radius 1 is 1.24 bits per heavy atom. The highest BCUT2D eigenvalue weighted by Gasteiger charge is 2.18. The molecule has 1 aromatic carbocycles. The molecule has 0 unspecified atom stereocenters. The second kappa shape index (κ2) is 6.33. The molecule has 3 aromatic rings. The number of benzene rings is 1. The monoisotopic (exact) mass is 362 g/mol. The van der Waals surface area contributed by atoms with E-state index in [9.17, 15) is 8.78 Å². The summed E-state index contributed by atoms with van der Waals surface area (Å²) in [5, 5.41) is 3.90. The van der Waals surface area contributed by atoms with Crippen LogP contribution in [0, 0.1) is 11.6 Å². The van der Waals surface area contributed by atoms with Crippen LogP contribution >= 0.6 is 11.6 Å². The minimum absolute atomic E-state index is 0.226. The van der Waals surface area contributed by atoms with E-state index in [0.29, 0.717) is 34.6 Å². The van der Waals surface area contributed by atoms with Crippen LogP contribution in [0.2, 0.25) is 5.02 Å². The van der Waals surface area contributed by atoms with Gasteiger partial charge in [0, 0.05) is 25.4 Å². The molecule has 1 aliphatic heterocycles. The van der Waals surface area contributed by atoms with E-state index in [1.807, 2.05) is 0 Å². The average molecular weight is 363 g/mol. The molecule has 8 heteroatoms. The van der Waals surface area contributed by atoms with Gasteiger partial charge in [0.1, 0.15) is 17.2 Å². The number of H-pyrrole nitrogens is 1. The minimum Gasteiger partial charge on any atom is -0.450 e. The van der Waals surface area contributed by atoms with Crippen molar-refractivity contribution in [1.82, 2.24) is 15.3 Å². The molecule has 5 nitrogen and oxygen atoms in total. The number of hydrogen-bond acceptors (Lipinski definition) is 4. The van der Waals surface area contributed by atoms with Gasteiger partial charge in [0.05, 0.1) is 17.0 Å². The van der Waals surface area contributed by atoms with E-state index in [2.05, 4.69) is 20.3 Å². The molecular weight excluding hydrogens is 350 g/mol. The van der Waals surface area contributed by atoms with Gasteiger partial charge in [0.15, 0.2) is 17.4 Å². The Hall–Kier alpha value is -2.67. The van der Waals surface area contributed by atoms with E-state index >= 15 is 0 Å². The fraction of sp³-hybridized carbons (Fsp3) is 0.176. The van der Waals surface area contributed by atoms with Gasteiger partial charge in [-0.1, -0.05) is 11.6 Å². The molecule has 0 saturated heterocycles. The zero-order valence-electron chi connectivity index (χ0n) is 12.9. The molecule has 128 valence electrons. The van der Waals surface area contributed by atoms with Gasteiger partial charge in [0.25, 0.3) is 0 Å². The van der Waals surface area contributed by atoms with Gasteiger partial charge in [-0.25, -0.2) is 13.8 Å². The van der Waals surface area contributed by atoms with Crippen LogP contribution < -0.4 is 10.1 Å². The van der Waals surface area contributed by atoms with E-state index < -0.39 is 17.4 Å². The lowest BCUT2D eigenvalue weighted by molar-refractivity contribution is 0.410. The first-order valence-corrected chi connectivity index (χ1v) is 8.04. The van der Waals surface area contributed by atoms with Crippen LogP contribution in [-0.4, -0.2) is 28.9 Å². The normalized spacial score (nSPS) is 13.8. The Morgan fingerprint density at radius 3 is 2.76 bits per heavy atom. The summed E-state index contributed by atoms with van der Waals surface area (Å²) in [7, 11) is 0. The van der Waals surface area contributed by atoms with Crippen LogP contribution in [-0.2, 0) is 6.42 Å². The molecule has 0 fully saturated rings. The van der Waals surface area contributed by atoms with Gasteiger partial charge in [-0.15, -0.1) is 0 Å². The molecule has 0 aliphatic carbocycles. The quantitative estimate of drug-likeness (QED) is 0.741. The molecule has 0 spiro atoms. The number of nitrogens with zero attached hydrogens (tertiary/aromatic N) is 2. The predicted molar refractivity (Wildman–Crippen MR) is 91.5 cm³/mol. The van der Waals surface area contributed by atoms with Gasteiger partial charge in [-0.3, -0.25) is 4.99 Å².